The van der Waals surface area contributed by atoms with Gasteiger partial charge in [0, 0.05) is 82.5 Å². The lowest BCUT2D eigenvalue weighted by molar-refractivity contribution is 0.556. The van der Waals surface area contributed by atoms with E-state index in [2.05, 4.69) is 361 Å². The van der Waals surface area contributed by atoms with Gasteiger partial charge in [0.1, 0.15) is 0 Å². The monoisotopic (exact) mass is 1430 g/mol. The van der Waals surface area contributed by atoms with Crippen molar-refractivity contribution in [3.63, 3.8) is 0 Å². The fourth-order valence-corrected chi connectivity index (χ4v) is 16.3. The summed E-state index contributed by atoms with van der Waals surface area (Å²) in [6.07, 6.45) is 14.8. The van der Waals surface area contributed by atoms with Gasteiger partial charge in [-0.15, -0.1) is 0 Å². The lowest BCUT2D eigenvalue weighted by Crippen LogP contribution is -2.00. The molecule has 0 aliphatic heterocycles. The van der Waals surface area contributed by atoms with Crippen LogP contribution in [0, 0.1) is 69.2 Å². The Morgan fingerprint density at radius 2 is 0.409 bits per heavy atom. The van der Waals surface area contributed by atoms with Crippen molar-refractivity contribution in [1.29, 1.82) is 0 Å². The number of aromatic nitrogens is 7. The van der Waals surface area contributed by atoms with E-state index in [9.17, 15) is 0 Å². The highest BCUT2D eigenvalue weighted by Gasteiger charge is 2.21. The lowest BCUT2D eigenvalue weighted by atomic mass is 10.0. The van der Waals surface area contributed by atoms with Gasteiger partial charge in [-0.3, -0.25) is 0 Å². The Morgan fingerprint density at radius 3 is 0.691 bits per heavy atom. The van der Waals surface area contributed by atoms with Crippen LogP contribution in [0.15, 0.2) is 267 Å². The largest absolute Gasteiger partial charge is 0.309 e. The Morgan fingerprint density at radius 1 is 0.200 bits per heavy atom. The number of unbranched alkanes of at least 4 members (excludes halogenated alkanes) is 9. The molecule has 18 rings (SSSR count). The molecule has 18 aromatic rings. The maximum Gasteiger partial charge on any atom is 0.164 e. The molecule has 7 heteroatoms. The van der Waals surface area contributed by atoms with Crippen molar-refractivity contribution < 1.29 is 0 Å². The van der Waals surface area contributed by atoms with Crippen LogP contribution in [-0.2, 0) is 6.42 Å². The van der Waals surface area contributed by atoms with Gasteiger partial charge in [0.25, 0.3) is 0 Å². The number of fused-ring (bicyclic) bond motifs is 12. The van der Waals surface area contributed by atoms with Crippen LogP contribution in [0.2, 0.25) is 0 Å². The normalized spacial score (nSPS) is 11.6. The zero-order valence-electron chi connectivity index (χ0n) is 65.8. The smallest absolute Gasteiger partial charge is 0.164 e. The van der Waals surface area contributed by atoms with E-state index < -0.39 is 0 Å². The van der Waals surface area contributed by atoms with Crippen LogP contribution in [-0.4, -0.2) is 33.2 Å². The SMILES string of the molecule is CCCCCCCCCCCCc1ccc(-c2nc(-c3ccc(C)cc3)nc(-c3ccc(C)cc3)n2)cc1.Cc1ccc(-n2c3ccc(-n4c5ccc(C)cc5c5cc(C)ccc54)cc3c3cc(-n4c5ccc(C)cc5c5cc(C)ccc54)ccc32)cc1.Cc1ccc(-n2c3ccc(C)cc3c3cc(C)ccc32)cc1. The summed E-state index contributed by atoms with van der Waals surface area (Å²) in [6, 6.07) is 98.1. The zero-order valence-corrected chi connectivity index (χ0v) is 65.8. The second-order valence-electron chi connectivity index (χ2n) is 31.2. The van der Waals surface area contributed by atoms with Crippen molar-refractivity contribution in [2.24, 2.45) is 0 Å². The van der Waals surface area contributed by atoms with Gasteiger partial charge in [-0.05, 0) is 221 Å². The number of hydrogen-bond donors (Lipinski definition) is 0. The quantitative estimate of drug-likeness (QED) is 0.0805. The predicted molar refractivity (Wildman–Crippen MR) is 469 cm³/mol. The molecule has 546 valence electrons. The molecule has 0 unspecified atom stereocenters. The highest BCUT2D eigenvalue weighted by Crippen LogP contribution is 2.42. The first-order valence-corrected chi connectivity index (χ1v) is 39.8. The van der Waals surface area contributed by atoms with E-state index in [0.29, 0.717) is 11.6 Å². The molecule has 0 aliphatic carbocycles. The second-order valence-corrected chi connectivity index (χ2v) is 31.2. The highest BCUT2D eigenvalue weighted by atomic mass is 15.0. The molecule has 0 fully saturated rings. The molecule has 0 aliphatic rings. The van der Waals surface area contributed by atoms with Crippen LogP contribution in [0.25, 0.3) is 144 Å². The van der Waals surface area contributed by atoms with E-state index in [4.69, 9.17) is 15.0 Å². The molecule has 13 aromatic carbocycles. The van der Waals surface area contributed by atoms with Crippen LogP contribution in [0.1, 0.15) is 132 Å². The van der Waals surface area contributed by atoms with Gasteiger partial charge in [-0.2, -0.15) is 0 Å². The molecule has 110 heavy (non-hydrogen) atoms. The first-order valence-electron chi connectivity index (χ1n) is 39.8. The summed E-state index contributed by atoms with van der Waals surface area (Å²) in [6.45, 7) is 23.8. The average molecular weight is 1430 g/mol. The third-order valence-corrected chi connectivity index (χ3v) is 22.3. The molecule has 0 atom stereocenters. The van der Waals surface area contributed by atoms with Gasteiger partial charge in [0.05, 0.1) is 44.1 Å². The minimum Gasteiger partial charge on any atom is -0.309 e. The molecular formula is C103H99N7. The molecule has 7 nitrogen and oxygen atoms in total. The lowest BCUT2D eigenvalue weighted by Gasteiger charge is -2.11. The highest BCUT2D eigenvalue weighted by molar-refractivity contribution is 6.15. The second kappa shape index (κ2) is 31.3. The maximum atomic E-state index is 4.88. The summed E-state index contributed by atoms with van der Waals surface area (Å²) in [4.78, 5) is 14.6. The van der Waals surface area contributed by atoms with Crippen molar-refractivity contribution in [3.05, 3.63) is 328 Å². The maximum absolute atomic E-state index is 4.88. The number of rotatable bonds is 18. The topological polar surface area (TPSA) is 58.4 Å². The molecule has 0 bridgehead atoms. The first kappa shape index (κ1) is 72.3. The van der Waals surface area contributed by atoms with Gasteiger partial charge in [-0.1, -0.05) is 254 Å². The van der Waals surface area contributed by atoms with Crippen LogP contribution in [0.5, 0.6) is 0 Å². The Labute approximate surface area is 648 Å². The number of nitrogens with zero attached hydrogens (tertiary/aromatic N) is 7. The van der Waals surface area contributed by atoms with E-state index in [1.54, 1.807) is 0 Å². The van der Waals surface area contributed by atoms with E-state index >= 15 is 0 Å². The van der Waals surface area contributed by atoms with Crippen molar-refractivity contribution in [2.75, 3.05) is 0 Å². The van der Waals surface area contributed by atoms with Crippen molar-refractivity contribution in [1.82, 2.24) is 33.2 Å². The standard InChI is InChI=1S/C47H37N3.C35H43N3.C21H19N/c1-28-6-12-33(13-7-28)48-46-20-14-34(49-42-16-8-29(2)22-36(42)37-23-30(3)9-17-43(37)49)26-40(46)41-27-35(15-21-47(41)48)50-44-18-10-31(4)24-38(44)39-25-32(5)11-19-45(39)50;1-4-5-6-7-8-9-10-11-12-13-14-29-19-25-32(26-20-29)35-37-33(30-21-15-27(2)16-22-30)36-34(38-35)31-23-17-28(3)18-24-31;1-14-4-8-17(9-5-14)22-20-10-6-15(2)12-18(20)19-13-16(3)7-11-21(19)22/h6-27H,1-5H3;15-26H,4-14H2,1-3H3;4-13H,1-3H3. The molecular weight excluding hydrogens is 1340 g/mol. The third kappa shape index (κ3) is 14.8. The molecule has 0 radical (unpaired) electrons. The molecule has 5 aromatic heterocycles. The predicted octanol–water partition coefficient (Wildman–Crippen LogP) is 28.2. The summed E-state index contributed by atoms with van der Waals surface area (Å²) in [5.74, 6) is 2.14. The average Bonchev–Trinajstić information content (AvgIpc) is 1.57. The van der Waals surface area contributed by atoms with Gasteiger partial charge >= 0.3 is 0 Å². The molecule has 5 heterocycles. The summed E-state index contributed by atoms with van der Waals surface area (Å²) in [5.41, 5.74) is 31.7. The number of benzene rings is 13. The van der Waals surface area contributed by atoms with Crippen LogP contribution < -0.4 is 0 Å². The number of hydrogen-bond acceptors (Lipinski definition) is 3. The molecule has 0 saturated heterocycles. The van der Waals surface area contributed by atoms with Gasteiger partial charge < -0.3 is 18.3 Å². The van der Waals surface area contributed by atoms with Crippen LogP contribution >= 0.6 is 0 Å². The summed E-state index contributed by atoms with van der Waals surface area (Å²) in [7, 11) is 0. The van der Waals surface area contributed by atoms with Crippen LogP contribution in [0.4, 0.5) is 0 Å². The minimum absolute atomic E-state index is 0.708. The Hall–Kier alpha value is -11.9. The van der Waals surface area contributed by atoms with Gasteiger partial charge in [0.15, 0.2) is 17.5 Å². The third-order valence-electron chi connectivity index (χ3n) is 22.3. The van der Waals surface area contributed by atoms with Gasteiger partial charge in [-0.25, -0.2) is 15.0 Å². The zero-order chi connectivity index (χ0) is 75.7. The van der Waals surface area contributed by atoms with Crippen molar-refractivity contribution in [2.45, 2.75) is 147 Å². The molecule has 0 amide bonds. The van der Waals surface area contributed by atoms with Crippen molar-refractivity contribution >= 4 is 87.2 Å². The summed E-state index contributed by atoms with van der Waals surface area (Å²) >= 11 is 0. The fraction of sp³-hybridized carbons (Fsp3) is 0.214. The van der Waals surface area contributed by atoms with Crippen molar-refractivity contribution in [3.8, 4) is 56.9 Å². The summed E-state index contributed by atoms with van der Waals surface area (Å²) < 4.78 is 9.68. The molecule has 0 saturated carbocycles. The van der Waals surface area contributed by atoms with E-state index in [-0.39, 0.29) is 0 Å². The van der Waals surface area contributed by atoms with Crippen LogP contribution in [0.3, 0.4) is 0 Å². The van der Waals surface area contributed by atoms with E-state index in [1.165, 1.54) is 235 Å². The number of aryl methyl sites for hydroxylation is 11. The Kier molecular flexibility index (Phi) is 20.6. The van der Waals surface area contributed by atoms with E-state index in [1.807, 2.05) is 0 Å². The van der Waals surface area contributed by atoms with E-state index in [0.717, 1.165) is 28.9 Å². The first-order chi connectivity index (χ1) is 53.6. The molecule has 0 spiro atoms. The molecule has 0 N–H and O–H groups in total. The minimum atomic E-state index is 0.708. The summed E-state index contributed by atoms with van der Waals surface area (Å²) in [5, 5.41) is 10.3. The van der Waals surface area contributed by atoms with Gasteiger partial charge in [0.2, 0.25) is 0 Å². The Balaban J connectivity index is 0.000000135. The Bertz CT molecular complexity index is 5970. The fourth-order valence-electron chi connectivity index (χ4n) is 16.3.